The van der Waals surface area contributed by atoms with Crippen LogP contribution < -0.4 is 0 Å². The van der Waals surface area contributed by atoms with Gasteiger partial charge in [0, 0.05) is 17.5 Å². The molecular formula is C7H7N3OS2. The van der Waals surface area contributed by atoms with E-state index >= 15 is 0 Å². The first kappa shape index (κ1) is 8.74. The van der Waals surface area contributed by atoms with Gasteiger partial charge in [-0.2, -0.15) is 0 Å². The van der Waals surface area contributed by atoms with Gasteiger partial charge in [0.25, 0.3) is 0 Å². The Balaban J connectivity index is 2.04. The molecule has 13 heavy (non-hydrogen) atoms. The van der Waals surface area contributed by atoms with Crippen molar-refractivity contribution < 1.29 is 5.11 Å². The van der Waals surface area contributed by atoms with Crippen LogP contribution in [0.3, 0.4) is 0 Å². The minimum absolute atomic E-state index is 0.500. The Morgan fingerprint density at radius 1 is 1.46 bits per heavy atom. The first-order valence-electron chi connectivity index (χ1n) is 3.69. The third kappa shape index (κ3) is 2.09. The van der Waals surface area contributed by atoms with Gasteiger partial charge in [0.15, 0.2) is 0 Å². The lowest BCUT2D eigenvalue weighted by molar-refractivity contribution is 0.183. The minimum Gasteiger partial charge on any atom is -0.387 e. The molecule has 0 spiro atoms. The molecule has 4 nitrogen and oxygen atoms in total. The Morgan fingerprint density at radius 2 is 2.38 bits per heavy atom. The van der Waals surface area contributed by atoms with E-state index < -0.39 is 6.10 Å². The lowest BCUT2D eigenvalue weighted by atomic mass is 10.2. The van der Waals surface area contributed by atoms with Gasteiger partial charge in [-0.3, -0.25) is 4.98 Å². The van der Waals surface area contributed by atoms with Crippen LogP contribution >= 0.6 is 22.9 Å². The van der Waals surface area contributed by atoms with E-state index in [1.807, 2.05) is 0 Å². The normalized spacial score (nSPS) is 13.0. The summed E-state index contributed by atoms with van der Waals surface area (Å²) >= 11 is 2.77. The molecule has 0 aliphatic heterocycles. The van der Waals surface area contributed by atoms with Crippen LogP contribution in [0.2, 0.25) is 0 Å². The van der Waals surface area contributed by atoms with Gasteiger partial charge >= 0.3 is 0 Å². The van der Waals surface area contributed by atoms with E-state index in [1.54, 1.807) is 29.2 Å². The fourth-order valence-electron chi connectivity index (χ4n) is 0.956. The Kier molecular flexibility index (Phi) is 2.62. The maximum Gasteiger partial charge on any atom is 0.0962 e. The molecule has 2 aromatic heterocycles. The smallest absolute Gasteiger partial charge is 0.0962 e. The van der Waals surface area contributed by atoms with Crippen LogP contribution in [0.1, 0.15) is 15.9 Å². The largest absolute Gasteiger partial charge is 0.387 e. The maximum absolute atomic E-state index is 9.69. The van der Waals surface area contributed by atoms with Crippen molar-refractivity contribution >= 4 is 22.9 Å². The molecule has 0 saturated carbocycles. The predicted octanol–water partition coefficient (Wildman–Crippen LogP) is 1.27. The molecular weight excluding hydrogens is 206 g/mol. The standard InChI is InChI=1S/C7H7N3OS2/c11-6(7-3-9-10-13-7)1-5-2-8-4-12-5/h2-4,6,11H,1H2. The maximum atomic E-state index is 9.69. The summed E-state index contributed by atoms with van der Waals surface area (Å²) in [4.78, 5) is 5.81. The van der Waals surface area contributed by atoms with Crippen LogP contribution in [0.4, 0.5) is 0 Å². The number of aliphatic hydroxyl groups is 1. The van der Waals surface area contributed by atoms with Crippen LogP contribution in [0.25, 0.3) is 0 Å². The number of hydrogen-bond acceptors (Lipinski definition) is 6. The number of hydrogen-bond donors (Lipinski definition) is 1. The average molecular weight is 213 g/mol. The number of nitrogens with zero attached hydrogens (tertiary/aromatic N) is 3. The summed E-state index contributed by atoms with van der Waals surface area (Å²) in [7, 11) is 0. The highest BCUT2D eigenvalue weighted by Gasteiger charge is 2.11. The van der Waals surface area contributed by atoms with Crippen molar-refractivity contribution in [3.05, 3.63) is 27.7 Å². The number of aromatic nitrogens is 3. The van der Waals surface area contributed by atoms with Gasteiger partial charge in [-0.15, -0.1) is 16.4 Å². The molecule has 0 aromatic carbocycles. The zero-order valence-electron chi connectivity index (χ0n) is 6.62. The predicted molar refractivity (Wildman–Crippen MR) is 50.7 cm³/mol. The van der Waals surface area contributed by atoms with Crippen LogP contribution in [-0.4, -0.2) is 19.7 Å². The lowest BCUT2D eigenvalue weighted by Gasteiger charge is -2.03. The van der Waals surface area contributed by atoms with Gasteiger partial charge in [0.2, 0.25) is 0 Å². The fourth-order valence-corrected chi connectivity index (χ4v) is 2.08. The molecule has 1 N–H and O–H groups in total. The number of thiazole rings is 1. The highest BCUT2D eigenvalue weighted by molar-refractivity contribution is 7.09. The Morgan fingerprint density at radius 3 is 3.00 bits per heavy atom. The van der Waals surface area contributed by atoms with Crippen molar-refractivity contribution in [2.75, 3.05) is 0 Å². The molecule has 1 atom stereocenters. The van der Waals surface area contributed by atoms with Crippen molar-refractivity contribution in [2.45, 2.75) is 12.5 Å². The summed E-state index contributed by atoms with van der Waals surface area (Å²) in [5, 5.41) is 13.4. The lowest BCUT2D eigenvalue weighted by Crippen LogP contribution is -1.97. The summed E-state index contributed by atoms with van der Waals surface area (Å²) in [5.74, 6) is 0. The van der Waals surface area contributed by atoms with Crippen molar-refractivity contribution in [2.24, 2.45) is 0 Å². The average Bonchev–Trinajstić information content (AvgIpc) is 2.74. The highest BCUT2D eigenvalue weighted by Crippen LogP contribution is 2.21. The second-order valence-corrected chi connectivity index (χ2v) is 4.30. The van der Waals surface area contributed by atoms with Crippen molar-refractivity contribution in [3.63, 3.8) is 0 Å². The van der Waals surface area contributed by atoms with Gasteiger partial charge in [-0.25, -0.2) is 0 Å². The molecule has 0 fully saturated rings. The monoisotopic (exact) mass is 213 g/mol. The van der Waals surface area contributed by atoms with Crippen LogP contribution in [0, 0.1) is 0 Å². The first-order chi connectivity index (χ1) is 6.36. The molecule has 0 saturated heterocycles. The molecule has 68 valence electrons. The minimum atomic E-state index is -0.500. The third-order valence-corrected chi connectivity index (χ3v) is 3.15. The summed E-state index contributed by atoms with van der Waals surface area (Å²) in [6.45, 7) is 0. The molecule has 2 heterocycles. The molecule has 1 unspecified atom stereocenters. The topological polar surface area (TPSA) is 58.9 Å². The summed E-state index contributed by atoms with van der Waals surface area (Å²) in [6, 6.07) is 0. The zero-order valence-corrected chi connectivity index (χ0v) is 8.25. The summed E-state index contributed by atoms with van der Waals surface area (Å²) in [5.41, 5.74) is 1.76. The number of aliphatic hydroxyl groups excluding tert-OH is 1. The van der Waals surface area contributed by atoms with Crippen LogP contribution in [0.5, 0.6) is 0 Å². The Hall–Kier alpha value is -0.850. The molecule has 0 bridgehead atoms. The second-order valence-electron chi connectivity index (χ2n) is 2.51. The summed E-state index contributed by atoms with van der Waals surface area (Å²) < 4.78 is 3.69. The van der Waals surface area contributed by atoms with Gasteiger partial charge < -0.3 is 5.11 Å². The van der Waals surface area contributed by atoms with E-state index in [2.05, 4.69) is 14.6 Å². The van der Waals surface area contributed by atoms with Crippen molar-refractivity contribution in [1.82, 2.24) is 14.6 Å². The Bertz CT molecular complexity index is 346. The molecule has 2 rings (SSSR count). The SMILES string of the molecule is OC(Cc1cncs1)c1cnns1. The molecule has 0 aliphatic carbocycles. The second kappa shape index (κ2) is 3.91. The van der Waals surface area contributed by atoms with E-state index in [1.165, 1.54) is 11.5 Å². The van der Waals surface area contributed by atoms with E-state index in [0.717, 1.165) is 9.75 Å². The van der Waals surface area contributed by atoms with E-state index in [9.17, 15) is 5.11 Å². The molecule has 6 heteroatoms. The molecule has 0 aliphatic rings. The van der Waals surface area contributed by atoms with Crippen LogP contribution in [0.15, 0.2) is 17.9 Å². The van der Waals surface area contributed by atoms with Gasteiger partial charge in [-0.1, -0.05) is 4.49 Å². The molecule has 0 amide bonds. The van der Waals surface area contributed by atoms with Crippen LogP contribution in [-0.2, 0) is 6.42 Å². The zero-order chi connectivity index (χ0) is 9.10. The summed E-state index contributed by atoms with van der Waals surface area (Å²) in [6.07, 6.45) is 3.45. The van der Waals surface area contributed by atoms with E-state index in [4.69, 9.17) is 0 Å². The van der Waals surface area contributed by atoms with E-state index in [0.29, 0.717) is 6.42 Å². The first-order valence-corrected chi connectivity index (χ1v) is 5.34. The van der Waals surface area contributed by atoms with Gasteiger partial charge in [-0.05, 0) is 11.5 Å². The quantitative estimate of drug-likeness (QED) is 0.834. The Labute approximate surface area is 83.1 Å². The van der Waals surface area contributed by atoms with Gasteiger partial charge in [0.05, 0.1) is 22.7 Å². The molecule has 2 aromatic rings. The van der Waals surface area contributed by atoms with Crippen molar-refractivity contribution in [3.8, 4) is 0 Å². The third-order valence-electron chi connectivity index (χ3n) is 1.58. The van der Waals surface area contributed by atoms with E-state index in [-0.39, 0.29) is 0 Å². The number of rotatable bonds is 3. The molecule has 0 radical (unpaired) electrons. The van der Waals surface area contributed by atoms with Crippen molar-refractivity contribution in [1.29, 1.82) is 0 Å². The highest BCUT2D eigenvalue weighted by atomic mass is 32.1. The fraction of sp³-hybridized carbons (Fsp3) is 0.286. The van der Waals surface area contributed by atoms with Gasteiger partial charge in [0.1, 0.15) is 0 Å².